The molecule has 19 heavy (non-hydrogen) atoms. The summed E-state index contributed by atoms with van der Waals surface area (Å²) >= 11 is 0. The third kappa shape index (κ3) is 5.38. The van der Waals surface area contributed by atoms with Gasteiger partial charge in [-0.2, -0.15) is 0 Å². The minimum Gasteiger partial charge on any atom is -0.355 e. The first-order valence-electron chi connectivity index (χ1n) is 6.46. The Morgan fingerprint density at radius 3 is 2.47 bits per heavy atom. The number of rotatable bonds is 6. The van der Waals surface area contributed by atoms with E-state index in [-0.39, 0.29) is 18.4 Å². The van der Waals surface area contributed by atoms with E-state index in [1.165, 1.54) is 11.0 Å². The summed E-state index contributed by atoms with van der Waals surface area (Å²) < 4.78 is 0. The molecule has 0 aromatic heterocycles. The van der Waals surface area contributed by atoms with Crippen LogP contribution in [0.25, 0.3) is 6.08 Å². The van der Waals surface area contributed by atoms with Crippen LogP contribution in [-0.2, 0) is 9.59 Å². The highest BCUT2D eigenvalue weighted by Crippen LogP contribution is 2.02. The Morgan fingerprint density at radius 1 is 1.21 bits per heavy atom. The van der Waals surface area contributed by atoms with Crippen molar-refractivity contribution in [1.29, 1.82) is 0 Å². The van der Waals surface area contributed by atoms with Crippen LogP contribution in [0.1, 0.15) is 19.4 Å². The van der Waals surface area contributed by atoms with Gasteiger partial charge in [0.25, 0.3) is 0 Å². The molecule has 0 saturated carbocycles. The van der Waals surface area contributed by atoms with Gasteiger partial charge in [0, 0.05) is 19.2 Å². The molecule has 0 aliphatic heterocycles. The standard InChI is InChI=1S/C15H20N2O2/c1-3-16-14(18)12-17(4-2)15(19)11-10-13-8-6-5-7-9-13/h5-11H,3-4,12H2,1-2H3,(H,16,18)/b11-10+. The Bertz CT molecular complexity index is 441. The third-order valence-corrected chi connectivity index (χ3v) is 2.62. The van der Waals surface area contributed by atoms with Gasteiger partial charge in [0.15, 0.2) is 0 Å². The molecule has 0 atom stereocenters. The maximum absolute atomic E-state index is 11.9. The average Bonchev–Trinajstić information content (AvgIpc) is 2.43. The van der Waals surface area contributed by atoms with Gasteiger partial charge in [0.1, 0.15) is 0 Å². The van der Waals surface area contributed by atoms with E-state index in [0.717, 1.165) is 5.56 Å². The first kappa shape index (κ1) is 15.0. The van der Waals surface area contributed by atoms with Crippen molar-refractivity contribution in [2.24, 2.45) is 0 Å². The van der Waals surface area contributed by atoms with Gasteiger partial charge >= 0.3 is 0 Å². The lowest BCUT2D eigenvalue weighted by Gasteiger charge is -2.18. The second-order valence-electron chi connectivity index (χ2n) is 4.05. The minimum absolute atomic E-state index is 0.0995. The molecular formula is C15H20N2O2. The summed E-state index contributed by atoms with van der Waals surface area (Å²) in [5, 5.41) is 2.68. The van der Waals surface area contributed by atoms with Gasteiger partial charge in [-0.3, -0.25) is 9.59 Å². The monoisotopic (exact) mass is 260 g/mol. The van der Waals surface area contributed by atoms with E-state index in [9.17, 15) is 9.59 Å². The largest absolute Gasteiger partial charge is 0.355 e. The zero-order chi connectivity index (χ0) is 14.1. The number of hydrogen-bond donors (Lipinski definition) is 1. The zero-order valence-corrected chi connectivity index (χ0v) is 11.4. The Balaban J connectivity index is 2.59. The number of amides is 2. The first-order chi connectivity index (χ1) is 9.17. The van der Waals surface area contributed by atoms with E-state index >= 15 is 0 Å². The molecule has 0 radical (unpaired) electrons. The topological polar surface area (TPSA) is 49.4 Å². The summed E-state index contributed by atoms with van der Waals surface area (Å²) in [6.45, 7) is 4.89. The van der Waals surface area contributed by atoms with Crippen LogP contribution in [0.4, 0.5) is 0 Å². The zero-order valence-electron chi connectivity index (χ0n) is 11.4. The van der Waals surface area contributed by atoms with Crippen LogP contribution in [-0.4, -0.2) is 36.3 Å². The quantitative estimate of drug-likeness (QED) is 0.791. The predicted octanol–water partition coefficient (Wildman–Crippen LogP) is 1.68. The molecule has 0 bridgehead atoms. The van der Waals surface area contributed by atoms with Crippen molar-refractivity contribution in [2.75, 3.05) is 19.6 Å². The molecule has 1 N–H and O–H groups in total. The van der Waals surface area contributed by atoms with Crippen LogP contribution in [0.15, 0.2) is 36.4 Å². The number of nitrogens with zero attached hydrogens (tertiary/aromatic N) is 1. The number of likely N-dealkylation sites (N-methyl/N-ethyl adjacent to an activating group) is 2. The van der Waals surface area contributed by atoms with Crippen LogP contribution in [0.3, 0.4) is 0 Å². The molecular weight excluding hydrogens is 240 g/mol. The molecule has 1 aromatic carbocycles. The van der Waals surface area contributed by atoms with Crippen LogP contribution >= 0.6 is 0 Å². The van der Waals surface area contributed by atoms with Gasteiger partial charge < -0.3 is 10.2 Å². The molecule has 102 valence electrons. The Hall–Kier alpha value is -2.10. The number of benzene rings is 1. The fraction of sp³-hybridized carbons (Fsp3) is 0.333. The number of carbonyl (C=O) groups excluding carboxylic acids is 2. The van der Waals surface area contributed by atoms with Gasteiger partial charge in [-0.1, -0.05) is 30.3 Å². The lowest BCUT2D eigenvalue weighted by atomic mass is 10.2. The van der Waals surface area contributed by atoms with Crippen LogP contribution in [0.5, 0.6) is 0 Å². The fourth-order valence-electron chi connectivity index (χ4n) is 1.61. The summed E-state index contributed by atoms with van der Waals surface area (Å²) in [5.74, 6) is -0.289. The molecule has 0 aliphatic carbocycles. The predicted molar refractivity (Wildman–Crippen MR) is 76.4 cm³/mol. The van der Waals surface area contributed by atoms with E-state index in [4.69, 9.17) is 0 Å². The molecule has 0 heterocycles. The molecule has 0 saturated heterocycles. The van der Waals surface area contributed by atoms with Crippen molar-refractivity contribution in [3.05, 3.63) is 42.0 Å². The normalized spacial score (nSPS) is 10.4. The van der Waals surface area contributed by atoms with Crippen molar-refractivity contribution in [3.8, 4) is 0 Å². The van der Waals surface area contributed by atoms with E-state index < -0.39 is 0 Å². The van der Waals surface area contributed by atoms with E-state index in [1.807, 2.05) is 44.2 Å². The highest BCUT2D eigenvalue weighted by atomic mass is 16.2. The summed E-state index contributed by atoms with van der Waals surface area (Å²) in [6, 6.07) is 9.59. The van der Waals surface area contributed by atoms with E-state index in [2.05, 4.69) is 5.32 Å². The van der Waals surface area contributed by atoms with E-state index in [0.29, 0.717) is 13.1 Å². The molecule has 4 nitrogen and oxygen atoms in total. The van der Waals surface area contributed by atoms with Gasteiger partial charge in [-0.15, -0.1) is 0 Å². The lowest BCUT2D eigenvalue weighted by Crippen LogP contribution is -2.39. The van der Waals surface area contributed by atoms with Crippen LogP contribution < -0.4 is 5.32 Å². The van der Waals surface area contributed by atoms with Gasteiger partial charge in [0.05, 0.1) is 6.54 Å². The second-order valence-corrected chi connectivity index (χ2v) is 4.05. The first-order valence-corrected chi connectivity index (χ1v) is 6.46. The Labute approximate surface area is 114 Å². The highest BCUT2D eigenvalue weighted by molar-refractivity contribution is 5.94. The Morgan fingerprint density at radius 2 is 1.89 bits per heavy atom. The minimum atomic E-state index is -0.155. The number of nitrogens with one attached hydrogen (secondary N) is 1. The van der Waals surface area contributed by atoms with Crippen molar-refractivity contribution in [1.82, 2.24) is 10.2 Å². The summed E-state index contributed by atoms with van der Waals surface area (Å²) in [7, 11) is 0. The highest BCUT2D eigenvalue weighted by Gasteiger charge is 2.12. The Kier molecular flexibility index (Phi) is 6.36. The smallest absolute Gasteiger partial charge is 0.247 e. The van der Waals surface area contributed by atoms with Crippen molar-refractivity contribution >= 4 is 17.9 Å². The van der Waals surface area contributed by atoms with Crippen molar-refractivity contribution in [2.45, 2.75) is 13.8 Å². The number of carbonyl (C=O) groups is 2. The molecule has 0 spiro atoms. The molecule has 0 aliphatic rings. The number of hydrogen-bond acceptors (Lipinski definition) is 2. The van der Waals surface area contributed by atoms with Gasteiger partial charge in [-0.05, 0) is 25.5 Å². The summed E-state index contributed by atoms with van der Waals surface area (Å²) in [5.41, 5.74) is 0.963. The molecule has 1 aromatic rings. The molecule has 4 heteroatoms. The van der Waals surface area contributed by atoms with Crippen molar-refractivity contribution < 1.29 is 9.59 Å². The third-order valence-electron chi connectivity index (χ3n) is 2.62. The fourth-order valence-corrected chi connectivity index (χ4v) is 1.61. The molecule has 0 fully saturated rings. The van der Waals surface area contributed by atoms with Gasteiger partial charge in [-0.25, -0.2) is 0 Å². The molecule has 1 rings (SSSR count). The van der Waals surface area contributed by atoms with Crippen LogP contribution in [0, 0.1) is 0 Å². The van der Waals surface area contributed by atoms with Crippen LogP contribution in [0.2, 0.25) is 0 Å². The maximum atomic E-state index is 11.9. The SMILES string of the molecule is CCNC(=O)CN(CC)C(=O)/C=C/c1ccccc1. The maximum Gasteiger partial charge on any atom is 0.247 e. The second kappa shape index (κ2) is 8.08. The lowest BCUT2D eigenvalue weighted by molar-refractivity contribution is -0.132. The summed E-state index contributed by atoms with van der Waals surface area (Å²) in [6.07, 6.45) is 3.25. The summed E-state index contributed by atoms with van der Waals surface area (Å²) in [4.78, 5) is 24.9. The molecule has 0 unspecified atom stereocenters. The van der Waals surface area contributed by atoms with E-state index in [1.54, 1.807) is 6.08 Å². The van der Waals surface area contributed by atoms with Gasteiger partial charge in [0.2, 0.25) is 11.8 Å². The van der Waals surface area contributed by atoms with Crippen molar-refractivity contribution in [3.63, 3.8) is 0 Å². The molecule has 2 amide bonds. The average molecular weight is 260 g/mol.